The summed E-state index contributed by atoms with van der Waals surface area (Å²) in [7, 11) is 0. The summed E-state index contributed by atoms with van der Waals surface area (Å²) in [6.45, 7) is 7.84. The monoisotopic (exact) mass is 262 g/mol. The highest BCUT2D eigenvalue weighted by atomic mass is 16.3. The van der Waals surface area contributed by atoms with E-state index in [1.165, 1.54) is 0 Å². The van der Waals surface area contributed by atoms with E-state index in [9.17, 15) is 15.0 Å². The fraction of sp³-hybridized carbons (Fsp3) is 0.812. The van der Waals surface area contributed by atoms with E-state index in [2.05, 4.69) is 13.8 Å². The minimum Gasteiger partial charge on any atom is -0.388 e. The summed E-state index contributed by atoms with van der Waals surface area (Å²) in [6.07, 6.45) is 2.03. The molecule has 3 nitrogen and oxygen atoms in total. The second-order valence-corrected chi connectivity index (χ2v) is 7.97. The van der Waals surface area contributed by atoms with Gasteiger partial charge in [-0.1, -0.05) is 19.4 Å². The fourth-order valence-electron chi connectivity index (χ4n) is 5.44. The SMILES string of the molecule is CC1=C2C(O)C(C)(C)C3CC23C(=O)C(C)(O)C12CC2. The largest absolute Gasteiger partial charge is 0.388 e. The zero-order chi connectivity index (χ0) is 14.0. The van der Waals surface area contributed by atoms with Gasteiger partial charge in [0.15, 0.2) is 5.78 Å². The van der Waals surface area contributed by atoms with Crippen LogP contribution in [0.2, 0.25) is 0 Å². The lowest BCUT2D eigenvalue weighted by Gasteiger charge is -2.43. The molecule has 0 saturated heterocycles. The molecule has 104 valence electrons. The molecule has 0 aromatic heterocycles. The number of carbonyl (C=O) groups is 1. The van der Waals surface area contributed by atoms with Gasteiger partial charge in [-0.15, -0.1) is 0 Å². The Morgan fingerprint density at radius 1 is 1.21 bits per heavy atom. The van der Waals surface area contributed by atoms with Gasteiger partial charge in [0.2, 0.25) is 0 Å². The maximum atomic E-state index is 12.9. The van der Waals surface area contributed by atoms with Crippen molar-refractivity contribution in [2.45, 2.75) is 58.7 Å². The predicted octanol–water partition coefficient (Wildman–Crippen LogP) is 1.82. The maximum absolute atomic E-state index is 12.9. The minimum absolute atomic E-state index is 0.0206. The molecule has 3 heteroatoms. The van der Waals surface area contributed by atoms with E-state index < -0.39 is 17.1 Å². The van der Waals surface area contributed by atoms with Gasteiger partial charge < -0.3 is 10.2 Å². The molecule has 4 aliphatic rings. The van der Waals surface area contributed by atoms with Gasteiger partial charge in [-0.05, 0) is 50.0 Å². The Morgan fingerprint density at radius 2 is 1.79 bits per heavy atom. The van der Waals surface area contributed by atoms with Crippen molar-refractivity contribution in [3.05, 3.63) is 11.1 Å². The number of rotatable bonds is 0. The molecule has 0 aromatic carbocycles. The van der Waals surface area contributed by atoms with Crippen LogP contribution in [0, 0.1) is 22.2 Å². The standard InChI is InChI=1S/C16H22O3/c1-8-10-11(17)13(2,3)9-7-16(9,10)12(18)14(4,19)15(8)5-6-15/h9,11,17,19H,5-7H2,1-4H3. The molecule has 4 unspecified atom stereocenters. The van der Waals surface area contributed by atoms with E-state index in [4.69, 9.17) is 0 Å². The van der Waals surface area contributed by atoms with Crippen LogP contribution in [-0.4, -0.2) is 27.7 Å². The Kier molecular flexibility index (Phi) is 1.72. The average molecular weight is 262 g/mol. The van der Waals surface area contributed by atoms with Crippen LogP contribution in [0.3, 0.4) is 0 Å². The molecule has 0 radical (unpaired) electrons. The van der Waals surface area contributed by atoms with E-state index in [1.807, 2.05) is 6.92 Å². The average Bonchev–Trinajstić information content (AvgIpc) is 3.18. The van der Waals surface area contributed by atoms with Crippen molar-refractivity contribution < 1.29 is 15.0 Å². The fourth-order valence-corrected chi connectivity index (χ4v) is 5.44. The molecule has 2 N–H and O–H groups in total. The first-order valence-corrected chi connectivity index (χ1v) is 7.31. The van der Waals surface area contributed by atoms with Crippen molar-refractivity contribution in [1.82, 2.24) is 0 Å². The number of hydrogen-bond acceptors (Lipinski definition) is 3. The van der Waals surface area contributed by atoms with E-state index in [1.54, 1.807) is 6.92 Å². The number of ketones is 1. The third-order valence-electron chi connectivity index (χ3n) is 6.97. The van der Waals surface area contributed by atoms with Gasteiger partial charge in [-0.25, -0.2) is 0 Å². The molecular formula is C16H22O3. The zero-order valence-corrected chi connectivity index (χ0v) is 12.1. The molecule has 19 heavy (non-hydrogen) atoms. The summed E-state index contributed by atoms with van der Waals surface area (Å²) in [5, 5.41) is 21.5. The first-order valence-electron chi connectivity index (χ1n) is 7.31. The number of aliphatic hydroxyl groups excluding tert-OH is 1. The molecule has 4 aliphatic carbocycles. The van der Waals surface area contributed by atoms with Crippen LogP contribution < -0.4 is 0 Å². The topological polar surface area (TPSA) is 57.5 Å². The van der Waals surface area contributed by atoms with Gasteiger partial charge in [0.1, 0.15) is 5.60 Å². The minimum atomic E-state index is -1.24. The highest BCUT2D eigenvalue weighted by Crippen LogP contribution is 2.80. The van der Waals surface area contributed by atoms with Crippen molar-refractivity contribution in [3.63, 3.8) is 0 Å². The molecule has 0 bridgehead atoms. The molecule has 0 heterocycles. The highest BCUT2D eigenvalue weighted by Gasteiger charge is 2.82. The van der Waals surface area contributed by atoms with Crippen LogP contribution in [0.4, 0.5) is 0 Å². The third-order valence-corrected chi connectivity index (χ3v) is 6.97. The Bertz CT molecular complexity index is 550. The van der Waals surface area contributed by atoms with E-state index in [0.717, 1.165) is 30.4 Å². The number of Topliss-reactive ketones (excluding diaryl/α,β-unsaturated/α-hetero) is 1. The Balaban J connectivity index is 2.01. The molecule has 0 aromatic rings. The Morgan fingerprint density at radius 3 is 2.32 bits per heavy atom. The molecule has 0 aliphatic heterocycles. The van der Waals surface area contributed by atoms with Gasteiger partial charge in [-0.3, -0.25) is 4.79 Å². The van der Waals surface area contributed by atoms with Gasteiger partial charge in [-0.2, -0.15) is 0 Å². The van der Waals surface area contributed by atoms with Crippen molar-refractivity contribution in [3.8, 4) is 0 Å². The summed E-state index contributed by atoms with van der Waals surface area (Å²) < 4.78 is 0. The first-order chi connectivity index (χ1) is 8.64. The summed E-state index contributed by atoms with van der Waals surface area (Å²) in [5.41, 5.74) is -0.323. The summed E-state index contributed by atoms with van der Waals surface area (Å²) in [6, 6.07) is 0. The third kappa shape index (κ3) is 0.926. The van der Waals surface area contributed by atoms with Gasteiger partial charge in [0, 0.05) is 5.41 Å². The predicted molar refractivity (Wildman–Crippen MR) is 70.3 cm³/mol. The van der Waals surface area contributed by atoms with Crippen LogP contribution in [0.15, 0.2) is 11.1 Å². The molecule has 0 amide bonds. The second kappa shape index (κ2) is 2.71. The van der Waals surface area contributed by atoms with Crippen molar-refractivity contribution >= 4 is 5.78 Å². The van der Waals surface area contributed by atoms with Crippen molar-refractivity contribution in [2.75, 3.05) is 0 Å². The molecular weight excluding hydrogens is 240 g/mol. The highest BCUT2D eigenvalue weighted by molar-refractivity contribution is 6.02. The molecule has 3 saturated carbocycles. The number of carbonyl (C=O) groups excluding carboxylic acids is 1. The second-order valence-electron chi connectivity index (χ2n) is 7.97. The van der Waals surface area contributed by atoms with Gasteiger partial charge in [0.25, 0.3) is 0 Å². The summed E-state index contributed by atoms with van der Waals surface area (Å²) >= 11 is 0. The van der Waals surface area contributed by atoms with E-state index >= 15 is 0 Å². The van der Waals surface area contributed by atoms with E-state index in [0.29, 0.717) is 0 Å². The number of hydrogen-bond donors (Lipinski definition) is 2. The Labute approximate surface area is 113 Å². The molecule has 3 fully saturated rings. The quantitative estimate of drug-likeness (QED) is 0.655. The van der Waals surface area contributed by atoms with Gasteiger partial charge in [0.05, 0.1) is 11.5 Å². The van der Waals surface area contributed by atoms with Crippen LogP contribution in [0.25, 0.3) is 0 Å². The lowest BCUT2D eigenvalue weighted by atomic mass is 9.63. The maximum Gasteiger partial charge on any atom is 0.175 e. The zero-order valence-electron chi connectivity index (χ0n) is 12.1. The van der Waals surface area contributed by atoms with Crippen LogP contribution in [-0.2, 0) is 4.79 Å². The Hall–Kier alpha value is -0.670. The summed E-state index contributed by atoms with van der Waals surface area (Å²) in [5.74, 6) is 0.183. The first kappa shape index (κ1) is 12.1. The molecule has 2 spiro atoms. The normalized spacial score (nSPS) is 52.2. The van der Waals surface area contributed by atoms with Crippen molar-refractivity contribution in [2.24, 2.45) is 22.2 Å². The van der Waals surface area contributed by atoms with E-state index in [-0.39, 0.29) is 22.5 Å². The summed E-state index contributed by atoms with van der Waals surface area (Å²) in [4.78, 5) is 12.9. The molecule has 4 rings (SSSR count). The lowest BCUT2D eigenvalue weighted by molar-refractivity contribution is -0.148. The lowest BCUT2D eigenvalue weighted by Crippen LogP contribution is -2.54. The number of aliphatic hydroxyl groups is 2. The van der Waals surface area contributed by atoms with Crippen molar-refractivity contribution in [1.29, 1.82) is 0 Å². The van der Waals surface area contributed by atoms with Gasteiger partial charge >= 0.3 is 0 Å². The van der Waals surface area contributed by atoms with Crippen LogP contribution >= 0.6 is 0 Å². The molecule has 4 atom stereocenters. The van der Waals surface area contributed by atoms with Crippen LogP contribution in [0.1, 0.15) is 47.0 Å². The smallest absolute Gasteiger partial charge is 0.175 e. The van der Waals surface area contributed by atoms with Crippen LogP contribution in [0.5, 0.6) is 0 Å².